The van der Waals surface area contributed by atoms with E-state index in [4.69, 9.17) is 4.78 Å². The van der Waals surface area contributed by atoms with Gasteiger partial charge in [0.2, 0.25) is 0 Å². The molecule has 2 aromatic heterocycles. The van der Waals surface area contributed by atoms with Crippen LogP contribution in [0.3, 0.4) is 0 Å². The second-order valence-electron chi connectivity index (χ2n) is 9.45. The van der Waals surface area contributed by atoms with Crippen LogP contribution in [0.5, 0.6) is 0 Å². The van der Waals surface area contributed by atoms with Crippen molar-refractivity contribution in [1.29, 1.82) is 4.78 Å². The normalized spacial score (nSPS) is 23.5. The third-order valence-electron chi connectivity index (χ3n) is 7.04. The van der Waals surface area contributed by atoms with Crippen LogP contribution in [-0.2, 0) is 22.5 Å². The summed E-state index contributed by atoms with van der Waals surface area (Å²) in [6.07, 6.45) is 0.899. The largest absolute Gasteiger partial charge is 0.420 e. The molecule has 0 bridgehead atoms. The summed E-state index contributed by atoms with van der Waals surface area (Å²) in [4.78, 5) is 17.1. The highest BCUT2D eigenvalue weighted by atomic mass is 32.2. The topological polar surface area (TPSA) is 113 Å². The molecule has 33 heavy (non-hydrogen) atoms. The second kappa shape index (κ2) is 7.52. The van der Waals surface area contributed by atoms with Gasteiger partial charge in [-0.3, -0.25) is 9.48 Å². The lowest BCUT2D eigenvalue weighted by Gasteiger charge is -2.56. The van der Waals surface area contributed by atoms with Gasteiger partial charge in [-0.15, -0.1) is 0 Å². The molecule has 3 N–H and O–H groups in total. The Labute approximate surface area is 189 Å². The zero-order chi connectivity index (χ0) is 23.6. The average Bonchev–Trinajstić information content (AvgIpc) is 3.43. The summed E-state index contributed by atoms with van der Waals surface area (Å²) in [6, 6.07) is 2.65. The van der Waals surface area contributed by atoms with Gasteiger partial charge in [0, 0.05) is 43.7 Å². The quantitative estimate of drug-likeness (QED) is 0.584. The molecule has 3 fully saturated rings. The third kappa shape index (κ3) is 4.03. The van der Waals surface area contributed by atoms with E-state index in [-0.39, 0.29) is 40.2 Å². The van der Waals surface area contributed by atoms with Crippen LogP contribution in [0.1, 0.15) is 53.3 Å². The van der Waals surface area contributed by atoms with Gasteiger partial charge in [-0.2, -0.15) is 18.3 Å². The number of pyridine rings is 1. The summed E-state index contributed by atoms with van der Waals surface area (Å²) in [5.74, 6) is -1.04. The molecule has 12 heteroatoms. The van der Waals surface area contributed by atoms with Crippen molar-refractivity contribution >= 4 is 21.3 Å². The number of nitrogens with one attached hydrogen (secondary N) is 3. The van der Waals surface area contributed by atoms with E-state index in [1.807, 2.05) is 0 Å². The van der Waals surface area contributed by atoms with Crippen LogP contribution in [0.4, 0.5) is 18.9 Å². The first kappa shape index (κ1) is 22.3. The fraction of sp³-hybridized carbons (Fsp3) is 0.571. The standard InChI is InChI=1S/C21H25F3N6O2S/c1-33(25,32)15-8-14(5-7-27-15)28-19(31)18-16(21(22,23)24)17(12-2-3-12)29-30(18)9-13-4-6-20(13)10-26-11-20/h5,7-8,12-13,25-26H,2-4,6,9-11H2,1H3,(H,27,28,31). The fourth-order valence-corrected chi connectivity index (χ4v) is 5.43. The lowest BCUT2D eigenvalue weighted by Crippen LogP contribution is -2.63. The average molecular weight is 483 g/mol. The molecule has 5 rings (SSSR count). The lowest BCUT2D eigenvalue weighted by molar-refractivity contribution is -0.138. The van der Waals surface area contributed by atoms with Crippen molar-refractivity contribution in [1.82, 2.24) is 20.1 Å². The Morgan fingerprint density at radius 2 is 2.09 bits per heavy atom. The minimum absolute atomic E-state index is 0.0501. The van der Waals surface area contributed by atoms with Crippen molar-refractivity contribution in [2.75, 3.05) is 24.7 Å². The summed E-state index contributed by atoms with van der Waals surface area (Å²) in [7, 11) is -3.15. The Morgan fingerprint density at radius 3 is 2.61 bits per heavy atom. The number of alkyl halides is 3. The molecule has 0 radical (unpaired) electrons. The first-order valence-corrected chi connectivity index (χ1v) is 12.8. The van der Waals surface area contributed by atoms with E-state index in [0.717, 1.165) is 25.9 Å². The maximum Gasteiger partial charge on any atom is 0.420 e. The number of rotatable bonds is 6. The van der Waals surface area contributed by atoms with Gasteiger partial charge in [-0.05, 0) is 49.1 Å². The Bertz CT molecular complexity index is 1210. The minimum atomic E-state index is -4.72. The summed E-state index contributed by atoms with van der Waals surface area (Å²) in [5, 5.41) is 10.0. The Hall–Kier alpha value is -2.47. The predicted octanol–water partition coefficient (Wildman–Crippen LogP) is 3.46. The van der Waals surface area contributed by atoms with Crippen LogP contribution in [0, 0.1) is 16.1 Å². The van der Waals surface area contributed by atoms with E-state index in [2.05, 4.69) is 20.7 Å². The van der Waals surface area contributed by atoms with Crippen molar-refractivity contribution in [3.8, 4) is 0 Å². The van der Waals surface area contributed by atoms with Crippen molar-refractivity contribution in [3.05, 3.63) is 35.3 Å². The minimum Gasteiger partial charge on any atom is -0.320 e. The molecular weight excluding hydrogens is 457 g/mol. The van der Waals surface area contributed by atoms with Crippen LogP contribution in [0.2, 0.25) is 0 Å². The van der Waals surface area contributed by atoms with Gasteiger partial charge in [-0.25, -0.2) is 14.0 Å². The van der Waals surface area contributed by atoms with E-state index in [9.17, 15) is 22.2 Å². The van der Waals surface area contributed by atoms with Gasteiger partial charge < -0.3 is 10.6 Å². The smallest absolute Gasteiger partial charge is 0.320 e. The number of carbonyl (C=O) groups is 1. The molecule has 2 aliphatic carbocycles. The lowest BCUT2D eigenvalue weighted by atomic mass is 9.56. The van der Waals surface area contributed by atoms with Crippen molar-refractivity contribution < 1.29 is 22.2 Å². The van der Waals surface area contributed by atoms with Crippen LogP contribution >= 0.6 is 0 Å². The molecule has 2 unspecified atom stereocenters. The maximum atomic E-state index is 14.2. The van der Waals surface area contributed by atoms with Gasteiger partial charge in [0.25, 0.3) is 5.91 Å². The van der Waals surface area contributed by atoms with Gasteiger partial charge in [0.05, 0.1) is 15.4 Å². The van der Waals surface area contributed by atoms with Crippen molar-refractivity contribution in [3.63, 3.8) is 0 Å². The van der Waals surface area contributed by atoms with Gasteiger partial charge in [-0.1, -0.05) is 0 Å². The fourth-order valence-electron chi connectivity index (χ4n) is 4.82. The first-order valence-electron chi connectivity index (χ1n) is 10.9. The van der Waals surface area contributed by atoms with Crippen LogP contribution in [0.25, 0.3) is 0 Å². The highest BCUT2D eigenvalue weighted by Crippen LogP contribution is 2.51. The molecular formula is C21H25F3N6O2S. The molecule has 0 aromatic carbocycles. The number of carbonyl (C=O) groups excluding carboxylic acids is 1. The number of hydrogen-bond acceptors (Lipinski definition) is 6. The van der Waals surface area contributed by atoms with E-state index in [1.54, 1.807) is 0 Å². The molecule has 8 nitrogen and oxygen atoms in total. The Kier molecular flexibility index (Phi) is 5.09. The van der Waals surface area contributed by atoms with E-state index in [0.29, 0.717) is 12.8 Å². The molecule has 1 amide bonds. The molecule has 2 saturated carbocycles. The highest BCUT2D eigenvalue weighted by molar-refractivity contribution is 7.91. The van der Waals surface area contributed by atoms with E-state index >= 15 is 0 Å². The molecule has 1 saturated heterocycles. The molecule has 1 aliphatic heterocycles. The third-order valence-corrected chi connectivity index (χ3v) is 8.06. The zero-order valence-electron chi connectivity index (χ0n) is 18.0. The molecule has 178 valence electrons. The molecule has 3 heterocycles. The monoisotopic (exact) mass is 482 g/mol. The van der Waals surface area contributed by atoms with Gasteiger partial charge >= 0.3 is 6.18 Å². The second-order valence-corrected chi connectivity index (χ2v) is 11.6. The SMILES string of the molecule is CS(=N)(=O)c1cc(NC(=O)c2c(C(F)(F)F)c(C3CC3)nn2CC2CCC23CNC3)ccn1. The Morgan fingerprint density at radius 1 is 1.36 bits per heavy atom. The molecule has 1 spiro atoms. The summed E-state index contributed by atoms with van der Waals surface area (Å²) in [5.41, 5.74) is -1.28. The molecule has 2 atom stereocenters. The van der Waals surface area contributed by atoms with Crippen LogP contribution < -0.4 is 10.6 Å². The number of aromatic nitrogens is 3. The highest BCUT2D eigenvalue weighted by Gasteiger charge is 2.52. The number of nitrogens with zero attached hydrogens (tertiary/aromatic N) is 3. The Balaban J connectivity index is 1.52. The number of halogens is 3. The molecule has 3 aliphatic rings. The van der Waals surface area contributed by atoms with Crippen molar-refractivity contribution in [2.24, 2.45) is 11.3 Å². The zero-order valence-corrected chi connectivity index (χ0v) is 18.9. The summed E-state index contributed by atoms with van der Waals surface area (Å²) < 4.78 is 63.5. The number of amides is 1. The summed E-state index contributed by atoms with van der Waals surface area (Å²) in [6.45, 7) is 1.94. The number of anilines is 1. The van der Waals surface area contributed by atoms with Crippen LogP contribution in [-0.4, -0.2) is 44.2 Å². The molecule has 2 aromatic rings. The van der Waals surface area contributed by atoms with E-state index in [1.165, 1.54) is 29.3 Å². The van der Waals surface area contributed by atoms with Crippen LogP contribution in [0.15, 0.2) is 23.4 Å². The first-order chi connectivity index (χ1) is 15.5. The van der Waals surface area contributed by atoms with E-state index < -0.39 is 33.1 Å². The summed E-state index contributed by atoms with van der Waals surface area (Å²) >= 11 is 0. The van der Waals surface area contributed by atoms with Crippen molar-refractivity contribution in [2.45, 2.75) is 49.3 Å². The predicted molar refractivity (Wildman–Crippen MR) is 114 cm³/mol. The maximum absolute atomic E-state index is 14.2. The number of hydrogen-bond donors (Lipinski definition) is 3. The van der Waals surface area contributed by atoms with Gasteiger partial charge in [0.1, 0.15) is 16.3 Å². The van der Waals surface area contributed by atoms with Gasteiger partial charge in [0.15, 0.2) is 0 Å².